The number of amides is 2. The van der Waals surface area contributed by atoms with Crippen LogP contribution in [0.25, 0.3) is 0 Å². The van der Waals surface area contributed by atoms with E-state index in [0.717, 1.165) is 25.2 Å². The number of hydrogen-bond donors (Lipinski definition) is 1. The van der Waals surface area contributed by atoms with Crippen LogP contribution in [0, 0.1) is 11.6 Å². The lowest BCUT2D eigenvalue weighted by Gasteiger charge is -2.32. The fourth-order valence-corrected chi connectivity index (χ4v) is 2.65. The van der Waals surface area contributed by atoms with Crippen LogP contribution in [0.3, 0.4) is 0 Å². The number of likely N-dealkylation sites (N-methyl/N-ethyl adjacent to an activating group) is 1. The predicted molar refractivity (Wildman–Crippen MR) is 91.9 cm³/mol. The molecule has 0 unspecified atom stereocenters. The van der Waals surface area contributed by atoms with Crippen LogP contribution in [-0.2, 0) is 0 Å². The van der Waals surface area contributed by atoms with Gasteiger partial charge in [0, 0.05) is 49.7 Å². The molecule has 0 radical (unpaired) electrons. The Hall–Kier alpha value is -2.87. The number of rotatable bonds is 3. The molecule has 1 aromatic heterocycles. The monoisotopic (exact) mass is 360 g/mol. The lowest BCUT2D eigenvalue weighted by Crippen LogP contribution is -2.47. The van der Waals surface area contributed by atoms with Gasteiger partial charge in [-0.15, -0.1) is 0 Å². The van der Waals surface area contributed by atoms with Crippen molar-refractivity contribution in [1.82, 2.24) is 14.8 Å². The molecule has 0 spiro atoms. The van der Waals surface area contributed by atoms with Gasteiger partial charge >= 0.3 is 0 Å². The molecule has 2 heterocycles. The van der Waals surface area contributed by atoms with E-state index in [1.165, 1.54) is 18.3 Å². The van der Waals surface area contributed by atoms with Gasteiger partial charge in [0.05, 0.1) is 0 Å². The summed E-state index contributed by atoms with van der Waals surface area (Å²) >= 11 is 0. The van der Waals surface area contributed by atoms with E-state index >= 15 is 0 Å². The van der Waals surface area contributed by atoms with Crippen LogP contribution >= 0.6 is 0 Å². The number of anilines is 1. The van der Waals surface area contributed by atoms with Crippen molar-refractivity contribution >= 4 is 17.5 Å². The number of piperazine rings is 1. The number of carbonyl (C=O) groups excluding carboxylic acids is 2. The standard InChI is InChI=1S/C18H18F2N4O2/c1-23-6-8-24(9-7-23)18(26)12-4-5-21-16(10-12)17(25)22-13-2-3-14(19)15(20)11-13/h2-5,10-11H,6-9H2,1H3,(H,22,25). The quantitative estimate of drug-likeness (QED) is 0.909. The fourth-order valence-electron chi connectivity index (χ4n) is 2.65. The Morgan fingerprint density at radius 3 is 2.46 bits per heavy atom. The summed E-state index contributed by atoms with van der Waals surface area (Å²) in [5.41, 5.74) is 0.487. The molecule has 0 bridgehead atoms. The highest BCUT2D eigenvalue weighted by molar-refractivity contribution is 6.04. The Morgan fingerprint density at radius 1 is 1.04 bits per heavy atom. The molecule has 1 saturated heterocycles. The number of hydrogen-bond acceptors (Lipinski definition) is 4. The first-order valence-electron chi connectivity index (χ1n) is 8.14. The third-order valence-electron chi connectivity index (χ3n) is 4.21. The van der Waals surface area contributed by atoms with E-state index in [2.05, 4.69) is 15.2 Å². The summed E-state index contributed by atoms with van der Waals surface area (Å²) < 4.78 is 26.2. The largest absolute Gasteiger partial charge is 0.336 e. The maximum Gasteiger partial charge on any atom is 0.274 e. The van der Waals surface area contributed by atoms with Crippen LogP contribution in [0.4, 0.5) is 14.5 Å². The van der Waals surface area contributed by atoms with E-state index in [0.29, 0.717) is 18.7 Å². The molecule has 1 aliphatic rings. The Bertz CT molecular complexity index is 836. The van der Waals surface area contributed by atoms with Crippen LogP contribution in [0.1, 0.15) is 20.8 Å². The third kappa shape index (κ3) is 4.02. The topological polar surface area (TPSA) is 65.5 Å². The maximum absolute atomic E-state index is 13.2. The van der Waals surface area contributed by atoms with E-state index < -0.39 is 17.5 Å². The molecule has 26 heavy (non-hydrogen) atoms. The zero-order valence-electron chi connectivity index (χ0n) is 14.2. The number of benzene rings is 1. The molecule has 1 N–H and O–H groups in total. The third-order valence-corrected chi connectivity index (χ3v) is 4.21. The smallest absolute Gasteiger partial charge is 0.274 e. The number of pyridine rings is 1. The van der Waals surface area contributed by atoms with E-state index in [9.17, 15) is 18.4 Å². The molecule has 0 atom stereocenters. The van der Waals surface area contributed by atoms with Crippen molar-refractivity contribution in [3.05, 3.63) is 59.4 Å². The molecule has 0 saturated carbocycles. The molecule has 6 nitrogen and oxygen atoms in total. The Labute approximate surface area is 149 Å². The molecule has 1 aromatic carbocycles. The molecule has 1 aliphatic heterocycles. The molecule has 0 aliphatic carbocycles. The first-order valence-corrected chi connectivity index (χ1v) is 8.14. The highest BCUT2D eigenvalue weighted by Gasteiger charge is 2.21. The zero-order valence-corrected chi connectivity index (χ0v) is 14.2. The maximum atomic E-state index is 13.2. The van der Waals surface area contributed by atoms with Gasteiger partial charge in [-0.1, -0.05) is 0 Å². The van der Waals surface area contributed by atoms with Crippen molar-refractivity contribution < 1.29 is 18.4 Å². The van der Waals surface area contributed by atoms with Gasteiger partial charge in [0.2, 0.25) is 0 Å². The van der Waals surface area contributed by atoms with Crippen molar-refractivity contribution in [1.29, 1.82) is 0 Å². The minimum absolute atomic E-state index is 0.0229. The summed E-state index contributed by atoms with van der Waals surface area (Å²) in [7, 11) is 2.00. The summed E-state index contributed by atoms with van der Waals surface area (Å²) in [6.45, 7) is 2.82. The molecular weight excluding hydrogens is 342 g/mol. The van der Waals surface area contributed by atoms with Gasteiger partial charge in [-0.3, -0.25) is 14.6 Å². The number of nitrogens with zero attached hydrogens (tertiary/aromatic N) is 3. The van der Waals surface area contributed by atoms with E-state index in [4.69, 9.17) is 0 Å². The zero-order chi connectivity index (χ0) is 18.7. The molecule has 2 amide bonds. The van der Waals surface area contributed by atoms with Gasteiger partial charge < -0.3 is 15.1 Å². The van der Waals surface area contributed by atoms with Crippen molar-refractivity contribution in [2.75, 3.05) is 38.5 Å². The van der Waals surface area contributed by atoms with Crippen molar-refractivity contribution in [3.63, 3.8) is 0 Å². The predicted octanol–water partition coefficient (Wildman–Crippen LogP) is 2.00. The lowest BCUT2D eigenvalue weighted by atomic mass is 10.1. The minimum atomic E-state index is -1.06. The first-order chi connectivity index (χ1) is 12.4. The second-order valence-corrected chi connectivity index (χ2v) is 6.11. The summed E-state index contributed by atoms with van der Waals surface area (Å²) in [5.74, 6) is -2.83. The minimum Gasteiger partial charge on any atom is -0.336 e. The van der Waals surface area contributed by atoms with Gasteiger partial charge in [0.15, 0.2) is 11.6 Å². The molecule has 3 rings (SSSR count). The Balaban J connectivity index is 1.72. The first kappa shape index (κ1) is 17.9. The van der Waals surface area contributed by atoms with Crippen molar-refractivity contribution in [3.8, 4) is 0 Å². The Kier molecular flexibility index (Phi) is 5.22. The molecule has 136 valence electrons. The van der Waals surface area contributed by atoms with E-state index in [-0.39, 0.29) is 17.3 Å². The van der Waals surface area contributed by atoms with Crippen LogP contribution < -0.4 is 5.32 Å². The summed E-state index contributed by atoms with van der Waals surface area (Å²) in [6.07, 6.45) is 1.38. The van der Waals surface area contributed by atoms with E-state index in [1.807, 2.05) is 7.05 Å². The summed E-state index contributed by atoms with van der Waals surface area (Å²) in [6, 6.07) is 6.00. The van der Waals surface area contributed by atoms with E-state index in [1.54, 1.807) is 11.0 Å². The van der Waals surface area contributed by atoms with Gasteiger partial charge in [-0.05, 0) is 31.3 Å². The van der Waals surface area contributed by atoms with Gasteiger partial charge in [0.1, 0.15) is 5.69 Å². The fraction of sp³-hybridized carbons (Fsp3) is 0.278. The summed E-state index contributed by atoms with van der Waals surface area (Å²) in [5, 5.41) is 2.44. The van der Waals surface area contributed by atoms with Crippen molar-refractivity contribution in [2.45, 2.75) is 0 Å². The average molecular weight is 360 g/mol. The molecular formula is C18H18F2N4O2. The number of nitrogens with one attached hydrogen (secondary N) is 1. The van der Waals surface area contributed by atoms with Gasteiger partial charge in [-0.2, -0.15) is 0 Å². The summed E-state index contributed by atoms with van der Waals surface area (Å²) in [4.78, 5) is 32.7. The van der Waals surface area contributed by atoms with Crippen LogP contribution in [0.5, 0.6) is 0 Å². The highest BCUT2D eigenvalue weighted by Crippen LogP contribution is 2.15. The SMILES string of the molecule is CN1CCN(C(=O)c2ccnc(C(=O)Nc3ccc(F)c(F)c3)c2)CC1. The van der Waals surface area contributed by atoms with Crippen LogP contribution in [0.2, 0.25) is 0 Å². The average Bonchev–Trinajstić information content (AvgIpc) is 2.65. The van der Waals surface area contributed by atoms with Crippen molar-refractivity contribution in [2.24, 2.45) is 0 Å². The number of halogens is 2. The van der Waals surface area contributed by atoms with Gasteiger partial charge in [0.25, 0.3) is 11.8 Å². The Morgan fingerprint density at radius 2 is 1.77 bits per heavy atom. The molecule has 2 aromatic rings. The van der Waals surface area contributed by atoms with Gasteiger partial charge in [-0.25, -0.2) is 8.78 Å². The van der Waals surface area contributed by atoms with Crippen LogP contribution in [-0.4, -0.2) is 59.8 Å². The van der Waals surface area contributed by atoms with Crippen LogP contribution in [0.15, 0.2) is 36.5 Å². The molecule has 1 fully saturated rings. The number of aromatic nitrogens is 1. The number of carbonyl (C=O) groups is 2. The molecule has 8 heteroatoms. The second kappa shape index (κ2) is 7.57. The second-order valence-electron chi connectivity index (χ2n) is 6.11. The highest BCUT2D eigenvalue weighted by atomic mass is 19.2. The lowest BCUT2D eigenvalue weighted by molar-refractivity contribution is 0.0664. The normalized spacial score (nSPS) is 15.0.